The fraction of sp³-hybridized carbons (Fsp3) is 0.143. The van der Waals surface area contributed by atoms with Gasteiger partial charge in [-0.25, -0.2) is 29.1 Å². The van der Waals surface area contributed by atoms with Gasteiger partial charge in [-0.3, -0.25) is 9.79 Å². The highest BCUT2D eigenvalue weighted by Crippen LogP contribution is 2.34. The van der Waals surface area contributed by atoms with E-state index in [4.69, 9.17) is 16.5 Å². The Kier molecular flexibility index (Phi) is 19.2. The first-order chi connectivity index (χ1) is 34.7. The number of aromatic amines is 1. The second-order valence-electron chi connectivity index (χ2n) is 17.5. The number of halogens is 3. The van der Waals surface area contributed by atoms with E-state index in [1.165, 1.54) is 30.0 Å². The molecule has 12 nitrogen and oxygen atoms in total. The lowest BCUT2D eigenvalue weighted by Crippen LogP contribution is -3.00. The summed E-state index contributed by atoms with van der Waals surface area (Å²) >= 11 is 6.84. The van der Waals surface area contributed by atoms with Crippen molar-refractivity contribution in [1.29, 1.82) is 0 Å². The van der Waals surface area contributed by atoms with Crippen LogP contribution < -0.4 is 94.5 Å². The summed E-state index contributed by atoms with van der Waals surface area (Å²) in [5, 5.41) is 6.55. The zero-order valence-electron chi connectivity index (χ0n) is 42.3. The van der Waals surface area contributed by atoms with Crippen molar-refractivity contribution in [3.63, 3.8) is 0 Å². The van der Waals surface area contributed by atoms with Gasteiger partial charge >= 0.3 is 0 Å². The number of hydrogen-bond acceptors (Lipinski definition) is 13. The van der Waals surface area contributed by atoms with Crippen LogP contribution in [0.4, 0.5) is 22.7 Å². The van der Waals surface area contributed by atoms with Gasteiger partial charge in [0.05, 0.1) is 67.7 Å². The molecule has 4 aromatic carbocycles. The molecule has 0 amide bonds. The molecule has 0 aromatic heterocycles. The fourth-order valence-electron chi connectivity index (χ4n) is 7.66. The first-order valence-electron chi connectivity index (χ1n) is 22.9. The average Bonchev–Trinajstić information content (AvgIpc) is 3.38. The molecule has 0 saturated heterocycles. The van der Waals surface area contributed by atoms with Gasteiger partial charge in [0, 0.05) is 93.4 Å². The molecular weight excluding hydrogens is 1080 g/mol. The predicted molar refractivity (Wildman–Crippen MR) is 308 cm³/mol. The first kappa shape index (κ1) is 57.4. The molecule has 19 heteroatoms. The number of anilines is 4. The summed E-state index contributed by atoms with van der Waals surface area (Å²) in [6, 6.07) is 48.1. The standard InChI is InChI=1S/C15H15N3S.C14H13N3S.C14H12N2OS.C13H11N3S.3ClH/c1-16-10-4-6-12-14(8-10)19-15-9-11(18(2)3)5-7-13(15)17-12;1-17(2)10-4-6-12-14(8-10)18-13-7-9(15)3-5-11(13)16-12;1-16(2)9-3-5-11-13(7-9)18-14-8-10(17)4-6-12(14)15-11;1-15-9-3-5-11-13(7-9)17-12-6-8(14)2-4-10(12)16-11;;;/h4-9H,1-3H3;3-8,15H,1-2H3;3-8H,1-2H3;2-7H,14H2,1H3;3*1H. The number of nitrogens with two attached hydrogens (primary N) is 2. The van der Waals surface area contributed by atoms with Gasteiger partial charge in [0.25, 0.3) is 0 Å². The lowest BCUT2D eigenvalue weighted by Gasteiger charge is -2.13. The SMILES string of the molecule is CN(C)c1ccc2nc3ccc(=O)cc-3sc2c1.CN=c1ccc2[nH+]c3ccc(N)cc3sc-2c1.CNc1ccc2nc3ccc(=[N+](C)C)cc-3sc2c1.C[N+](C)=c1ccc2nc3ccc(N)cc3sc-2c1.[Cl-].[Cl-].[Cl-]. The molecule has 0 bridgehead atoms. The summed E-state index contributed by atoms with van der Waals surface area (Å²) < 4.78 is 8.79. The normalized spacial score (nSPS) is 10.9. The van der Waals surface area contributed by atoms with Crippen molar-refractivity contribution >= 4 is 109 Å². The smallest absolute Gasteiger partial charge is 0.221 e. The molecule has 8 aliphatic rings. The third-order valence-corrected chi connectivity index (χ3v) is 16.0. The van der Waals surface area contributed by atoms with Crippen molar-refractivity contribution in [3.05, 3.63) is 172 Å². The highest BCUT2D eigenvalue weighted by molar-refractivity contribution is 7.22. The van der Waals surface area contributed by atoms with Crippen LogP contribution in [0.3, 0.4) is 0 Å². The Morgan fingerprint density at radius 1 is 0.533 bits per heavy atom. The number of benzene rings is 8. The summed E-state index contributed by atoms with van der Waals surface area (Å²) in [4.78, 5) is 39.5. The molecule has 4 aliphatic carbocycles. The fourth-order valence-corrected chi connectivity index (χ4v) is 11.8. The van der Waals surface area contributed by atoms with E-state index in [0.717, 1.165) is 91.9 Å². The Morgan fingerprint density at radius 2 is 1.03 bits per heavy atom. The summed E-state index contributed by atoms with van der Waals surface area (Å²) in [5.74, 6) is 0. The van der Waals surface area contributed by atoms with Gasteiger partial charge in [-0.2, -0.15) is 0 Å². The number of rotatable bonds is 2. The summed E-state index contributed by atoms with van der Waals surface area (Å²) in [6.07, 6.45) is 0. The highest BCUT2D eigenvalue weighted by Gasteiger charge is 2.14. The second kappa shape index (κ2) is 25.1. The van der Waals surface area contributed by atoms with Crippen LogP contribution in [0.15, 0.2) is 155 Å². The molecule has 4 aromatic rings. The van der Waals surface area contributed by atoms with Crippen molar-refractivity contribution in [2.45, 2.75) is 0 Å². The Morgan fingerprint density at radius 3 is 1.59 bits per heavy atom. The van der Waals surface area contributed by atoms with E-state index >= 15 is 0 Å². The molecule has 4 aliphatic heterocycles. The summed E-state index contributed by atoms with van der Waals surface area (Å²) in [5.41, 5.74) is 23.7. The number of hydrogen-bond donors (Lipinski definition) is 3. The van der Waals surface area contributed by atoms with Crippen molar-refractivity contribution in [2.24, 2.45) is 4.99 Å². The molecule has 0 unspecified atom stereocenters. The van der Waals surface area contributed by atoms with E-state index in [1.54, 1.807) is 70.6 Å². The molecule has 75 heavy (non-hydrogen) atoms. The third-order valence-electron chi connectivity index (χ3n) is 11.6. The largest absolute Gasteiger partial charge is 1.00 e. The zero-order valence-corrected chi connectivity index (χ0v) is 47.9. The number of fused-ring (bicyclic) bond motifs is 8. The molecular formula is C56H54Cl3N11OS4. The van der Waals surface area contributed by atoms with Gasteiger partial charge in [-0.05, 0) is 103 Å². The van der Waals surface area contributed by atoms with Gasteiger partial charge < -0.3 is 58.9 Å². The molecule has 0 atom stereocenters. The van der Waals surface area contributed by atoms with Gasteiger partial charge in [-0.1, -0.05) is 0 Å². The van der Waals surface area contributed by atoms with Crippen molar-refractivity contribution < 1.29 is 42.2 Å². The molecule has 384 valence electrons. The van der Waals surface area contributed by atoms with Crippen LogP contribution in [-0.4, -0.2) is 71.3 Å². The van der Waals surface area contributed by atoms with Crippen molar-refractivity contribution in [1.82, 2.24) is 24.1 Å². The van der Waals surface area contributed by atoms with E-state index in [2.05, 4.69) is 132 Å². The summed E-state index contributed by atoms with van der Waals surface area (Å²) in [6.45, 7) is 0. The van der Waals surface area contributed by atoms with Crippen molar-refractivity contribution in [2.75, 3.05) is 78.1 Å². The lowest BCUT2D eigenvalue weighted by molar-refractivity contribution is -0.330. The highest BCUT2D eigenvalue weighted by atomic mass is 35.5. The quantitative estimate of drug-likeness (QED) is 0.127. The van der Waals surface area contributed by atoms with E-state index < -0.39 is 0 Å². The second-order valence-corrected chi connectivity index (χ2v) is 21.8. The maximum Gasteiger partial charge on any atom is 0.221 e. The Balaban J connectivity index is 0.000000160. The maximum atomic E-state index is 11.4. The maximum absolute atomic E-state index is 11.4. The summed E-state index contributed by atoms with van der Waals surface area (Å²) in [7, 11) is 15.9. The third kappa shape index (κ3) is 13.5. The molecule has 6 N–H and O–H groups in total. The molecule has 0 radical (unpaired) electrons. The Labute approximate surface area is 469 Å². The number of nitrogen functional groups attached to an aromatic ring is 2. The zero-order chi connectivity index (χ0) is 50.6. The van der Waals surface area contributed by atoms with Crippen LogP contribution in [0.1, 0.15) is 0 Å². The van der Waals surface area contributed by atoms with Gasteiger partial charge in [0.2, 0.25) is 21.9 Å². The van der Waals surface area contributed by atoms with Crippen LogP contribution in [0, 0.1) is 0 Å². The minimum atomic E-state index is 0. The van der Waals surface area contributed by atoms with Crippen LogP contribution in [-0.2, 0) is 0 Å². The topological polar surface area (TPSA) is 156 Å². The number of nitrogens with one attached hydrogen (secondary N) is 2. The molecule has 12 rings (SSSR count). The Hall–Kier alpha value is -6.89. The van der Waals surface area contributed by atoms with E-state index in [9.17, 15) is 4.79 Å². The Bertz CT molecular complexity index is 4110. The minimum absolute atomic E-state index is 0. The van der Waals surface area contributed by atoms with Crippen molar-refractivity contribution in [3.8, 4) is 42.3 Å². The molecule has 4 heterocycles. The first-order valence-corrected chi connectivity index (χ1v) is 26.2. The van der Waals surface area contributed by atoms with E-state index in [1.807, 2.05) is 83.8 Å². The van der Waals surface area contributed by atoms with Crippen LogP contribution in [0.5, 0.6) is 0 Å². The predicted octanol–water partition coefficient (Wildman–Crippen LogP) is 0.262. The van der Waals surface area contributed by atoms with Gasteiger partial charge in [-0.15, -0.1) is 45.3 Å². The molecule has 0 fully saturated rings. The minimum Gasteiger partial charge on any atom is -1.00 e. The van der Waals surface area contributed by atoms with Gasteiger partial charge in [0.1, 0.15) is 37.8 Å². The lowest BCUT2D eigenvalue weighted by atomic mass is 10.2. The van der Waals surface area contributed by atoms with Crippen LogP contribution in [0.25, 0.3) is 83.2 Å². The monoisotopic (exact) mass is 1130 g/mol. The molecule has 0 saturated carbocycles. The van der Waals surface area contributed by atoms with E-state index in [0.29, 0.717) is 0 Å². The number of nitrogens with zero attached hydrogens (tertiary/aromatic N) is 7. The molecule has 0 spiro atoms. The van der Waals surface area contributed by atoms with Crippen LogP contribution >= 0.6 is 45.3 Å². The van der Waals surface area contributed by atoms with Crippen LogP contribution in [0.2, 0.25) is 0 Å². The van der Waals surface area contributed by atoms with E-state index in [-0.39, 0.29) is 42.6 Å². The van der Waals surface area contributed by atoms with Gasteiger partial charge in [0.15, 0.2) is 5.43 Å². The number of H-pyrrole nitrogens is 1. The number of aromatic nitrogens is 4. The average molecular weight is 1130 g/mol.